The molecule has 6 heteroatoms. The fraction of sp³-hybridized carbons (Fsp3) is 0.111. The molecule has 7 aromatic rings. The van der Waals surface area contributed by atoms with Crippen molar-refractivity contribution in [1.82, 2.24) is 0 Å². The van der Waals surface area contributed by atoms with Gasteiger partial charge in [0.2, 0.25) is 0 Å². The topological polar surface area (TPSA) is 29.5 Å². The van der Waals surface area contributed by atoms with Gasteiger partial charge in [0.15, 0.2) is 11.2 Å². The highest BCUT2D eigenvalue weighted by Gasteiger charge is 2.39. The molecule has 206 valence electrons. The maximum atomic E-state index is 7.23. The van der Waals surface area contributed by atoms with Crippen LogP contribution >= 0.6 is 53.3 Å². The van der Waals surface area contributed by atoms with Crippen LogP contribution in [-0.2, 0) is 0 Å². The second kappa shape index (κ2) is 11.0. The lowest BCUT2D eigenvalue weighted by molar-refractivity contribution is 0.592. The Balaban J connectivity index is 1.53. The van der Waals surface area contributed by atoms with Crippen molar-refractivity contribution in [3.8, 4) is 0 Å². The van der Waals surface area contributed by atoms with Crippen LogP contribution in [0.5, 0.6) is 0 Å². The first-order valence-corrected chi connectivity index (χ1v) is 17.4. The van der Waals surface area contributed by atoms with Gasteiger partial charge in [0, 0.05) is 22.9 Å². The highest BCUT2D eigenvalue weighted by Crippen LogP contribution is 2.54. The first-order valence-electron chi connectivity index (χ1n) is 14.1. The summed E-state index contributed by atoms with van der Waals surface area (Å²) in [6, 6.07) is 43.9. The zero-order chi connectivity index (χ0) is 28.2. The van der Waals surface area contributed by atoms with Crippen molar-refractivity contribution in [2.75, 3.05) is 4.67 Å². The molecule has 1 fully saturated rings. The Bertz CT molecular complexity index is 2000. The van der Waals surface area contributed by atoms with Crippen molar-refractivity contribution in [2.45, 2.75) is 24.9 Å². The summed E-state index contributed by atoms with van der Waals surface area (Å²) in [5.74, 6) is 0. The highest BCUT2D eigenvalue weighted by molar-refractivity contribution is 14.1. The number of rotatable bonds is 3. The predicted octanol–water partition coefficient (Wildman–Crippen LogP) is 12.0. The van der Waals surface area contributed by atoms with Gasteiger partial charge < -0.3 is 8.39 Å². The molecular weight excluding hydrogens is 763 g/mol. The molecule has 2 heterocycles. The van der Waals surface area contributed by atoms with E-state index in [1.165, 1.54) is 32.7 Å². The third-order valence-electron chi connectivity index (χ3n) is 8.41. The molecule has 1 aromatic heterocycles. The van der Waals surface area contributed by atoms with Gasteiger partial charge in [-0.2, -0.15) is 4.67 Å². The first-order chi connectivity index (χ1) is 20.7. The van der Waals surface area contributed by atoms with E-state index in [9.17, 15) is 0 Å². The standard InChI is InChI=1S/C36H26I2NO2P/c37-29-21-25-15-7-9-17-27(25)33-34-28-18-10-8-16-26(28)22-30(38)36(34)41-42(40-35(29)33)39-31(23-11-3-1-4-12-23)19-20-32(39)24-13-5-2-6-14-24/h1-18,21-22,31-32H,19-20H2/t31-,32-/m0/s1. The molecule has 2 atom stereocenters. The van der Waals surface area contributed by atoms with Crippen LogP contribution in [-0.4, -0.2) is 0 Å². The van der Waals surface area contributed by atoms with Crippen LogP contribution < -0.4 is 4.67 Å². The quantitative estimate of drug-likeness (QED) is 0.167. The zero-order valence-electron chi connectivity index (χ0n) is 22.6. The van der Waals surface area contributed by atoms with E-state index in [1.807, 2.05) is 0 Å². The van der Waals surface area contributed by atoms with Gasteiger partial charge in [-0.3, -0.25) is 0 Å². The number of hydrogen-bond donors (Lipinski definition) is 0. The van der Waals surface area contributed by atoms with E-state index in [-0.39, 0.29) is 12.1 Å². The molecule has 0 N–H and O–H groups in total. The lowest BCUT2D eigenvalue weighted by Crippen LogP contribution is -2.22. The second-order valence-corrected chi connectivity index (χ2v) is 14.4. The van der Waals surface area contributed by atoms with Crippen LogP contribution in [0.3, 0.4) is 0 Å². The van der Waals surface area contributed by atoms with Crippen LogP contribution in [0.4, 0.5) is 0 Å². The van der Waals surface area contributed by atoms with Crippen LogP contribution in [0.2, 0.25) is 0 Å². The summed E-state index contributed by atoms with van der Waals surface area (Å²) >= 11 is 4.91. The van der Waals surface area contributed by atoms with Gasteiger partial charge in [-0.25, -0.2) is 0 Å². The molecule has 1 saturated heterocycles. The number of halogens is 2. The van der Waals surface area contributed by atoms with Crippen molar-refractivity contribution in [1.29, 1.82) is 0 Å². The molecule has 0 spiro atoms. The molecule has 0 aliphatic carbocycles. The van der Waals surface area contributed by atoms with E-state index in [2.05, 4.69) is 171 Å². The Labute approximate surface area is 272 Å². The number of benzene rings is 6. The van der Waals surface area contributed by atoms with Crippen molar-refractivity contribution in [3.63, 3.8) is 0 Å². The number of fused-ring (bicyclic) bond motifs is 7. The lowest BCUT2D eigenvalue weighted by Gasteiger charge is -2.27. The molecule has 3 nitrogen and oxygen atoms in total. The van der Waals surface area contributed by atoms with Gasteiger partial charge in [-0.15, -0.1) is 0 Å². The molecule has 8 rings (SSSR count). The van der Waals surface area contributed by atoms with E-state index < -0.39 is 8.16 Å². The third kappa shape index (κ3) is 4.48. The minimum atomic E-state index is -1.52. The Morgan fingerprint density at radius 1 is 0.548 bits per heavy atom. The number of hydrogen-bond acceptors (Lipinski definition) is 3. The molecule has 0 unspecified atom stereocenters. The Kier molecular flexibility index (Phi) is 7.02. The summed E-state index contributed by atoms with van der Waals surface area (Å²) in [7, 11) is -1.52. The van der Waals surface area contributed by atoms with Gasteiger partial charge in [0.1, 0.15) is 0 Å². The van der Waals surface area contributed by atoms with Crippen LogP contribution in [0, 0.1) is 7.14 Å². The fourth-order valence-corrected chi connectivity index (χ4v) is 10.2. The Hall–Kier alpha value is -2.84. The molecule has 0 radical (unpaired) electrons. The average molecular weight is 789 g/mol. The zero-order valence-corrected chi connectivity index (χ0v) is 27.8. The van der Waals surface area contributed by atoms with Crippen molar-refractivity contribution in [3.05, 3.63) is 140 Å². The summed E-state index contributed by atoms with van der Waals surface area (Å²) in [5, 5.41) is 7.02. The van der Waals surface area contributed by atoms with Crippen LogP contribution in [0.25, 0.3) is 43.5 Å². The second-order valence-electron chi connectivity index (χ2n) is 10.8. The summed E-state index contributed by atoms with van der Waals surface area (Å²) in [4.78, 5) is 0. The van der Waals surface area contributed by atoms with E-state index in [1.54, 1.807) is 0 Å². The minimum Gasteiger partial charge on any atom is -0.407 e. The smallest absolute Gasteiger partial charge is 0.310 e. The van der Waals surface area contributed by atoms with Gasteiger partial charge in [-0.05, 0) is 103 Å². The van der Waals surface area contributed by atoms with Crippen LogP contribution in [0.1, 0.15) is 36.1 Å². The van der Waals surface area contributed by atoms with Gasteiger partial charge in [0.25, 0.3) is 0 Å². The SMILES string of the molecule is Ic1cc2ccccc2c2c1op(N1[C@H](c3ccccc3)CC[C@H]1c1ccccc1)oc1c(I)cc3ccccc3c12. The maximum absolute atomic E-state index is 7.23. The van der Waals surface area contributed by atoms with Crippen molar-refractivity contribution >= 4 is 96.8 Å². The van der Waals surface area contributed by atoms with Crippen LogP contribution in [0.15, 0.2) is 130 Å². The first kappa shape index (κ1) is 26.8. The van der Waals surface area contributed by atoms with Crippen molar-refractivity contribution < 1.29 is 8.39 Å². The molecule has 6 aromatic carbocycles. The third-order valence-corrected chi connectivity index (χ3v) is 11.6. The summed E-state index contributed by atoms with van der Waals surface area (Å²) in [6.07, 6.45) is 2.08. The van der Waals surface area contributed by atoms with E-state index in [4.69, 9.17) is 8.39 Å². The molecule has 1 aliphatic heterocycles. The minimum absolute atomic E-state index is 0.184. The summed E-state index contributed by atoms with van der Waals surface area (Å²) in [6.45, 7) is 0. The lowest BCUT2D eigenvalue weighted by atomic mass is 9.99. The normalized spacial score (nSPS) is 17.5. The molecule has 42 heavy (non-hydrogen) atoms. The summed E-state index contributed by atoms with van der Waals surface area (Å²) < 4.78 is 19.2. The van der Waals surface area contributed by atoms with Gasteiger partial charge >= 0.3 is 8.16 Å². The van der Waals surface area contributed by atoms with E-state index in [0.717, 1.165) is 41.9 Å². The highest BCUT2D eigenvalue weighted by atomic mass is 127. The largest absolute Gasteiger partial charge is 0.407 e. The Morgan fingerprint density at radius 2 is 0.952 bits per heavy atom. The maximum Gasteiger partial charge on any atom is 0.310 e. The van der Waals surface area contributed by atoms with E-state index >= 15 is 0 Å². The summed E-state index contributed by atoms with van der Waals surface area (Å²) in [5.41, 5.74) is 4.43. The fourth-order valence-electron chi connectivity index (χ4n) is 6.55. The Morgan fingerprint density at radius 3 is 1.40 bits per heavy atom. The van der Waals surface area contributed by atoms with Crippen molar-refractivity contribution in [2.24, 2.45) is 0 Å². The average Bonchev–Trinajstić information content (AvgIpc) is 3.39. The number of nitrogens with zero attached hydrogens (tertiary/aromatic N) is 1. The van der Waals surface area contributed by atoms with E-state index in [0.29, 0.717) is 0 Å². The molecule has 0 bridgehead atoms. The van der Waals surface area contributed by atoms with Gasteiger partial charge in [0.05, 0.1) is 7.14 Å². The molecule has 0 saturated carbocycles. The predicted molar refractivity (Wildman–Crippen MR) is 193 cm³/mol. The van der Waals surface area contributed by atoms with Gasteiger partial charge in [-0.1, -0.05) is 109 Å². The monoisotopic (exact) mass is 789 g/mol. The molecular formula is C36H26I2NO2P. The molecule has 1 aliphatic rings. The molecule has 0 amide bonds.